The summed E-state index contributed by atoms with van der Waals surface area (Å²) in [5.74, 6) is -0.368. The van der Waals surface area contributed by atoms with Crippen molar-refractivity contribution < 1.29 is 4.79 Å². The maximum absolute atomic E-state index is 12.3. The average molecular weight is 457 g/mol. The van der Waals surface area contributed by atoms with Crippen LogP contribution in [0, 0.1) is 0 Å². The second-order valence-corrected chi connectivity index (χ2v) is 7.51. The van der Waals surface area contributed by atoms with Crippen molar-refractivity contribution in [2.75, 3.05) is 0 Å². The molecule has 0 aliphatic carbocycles. The van der Waals surface area contributed by atoms with Crippen molar-refractivity contribution in [1.29, 1.82) is 0 Å². The molecular weight excluding hydrogens is 442 g/mol. The van der Waals surface area contributed by atoms with E-state index in [1.165, 1.54) is 0 Å². The molecule has 0 aliphatic rings. The molecule has 140 valence electrons. The number of aromatic amines is 1. The van der Waals surface area contributed by atoms with E-state index < -0.39 is 0 Å². The van der Waals surface area contributed by atoms with Crippen molar-refractivity contribution >= 4 is 50.6 Å². The third-order valence-electron chi connectivity index (χ3n) is 4.18. The van der Waals surface area contributed by atoms with Gasteiger partial charge in [0.15, 0.2) is 5.69 Å². The van der Waals surface area contributed by atoms with Crippen LogP contribution in [-0.4, -0.2) is 26.9 Å². The van der Waals surface area contributed by atoms with E-state index in [1.54, 1.807) is 23.2 Å². The van der Waals surface area contributed by atoms with Gasteiger partial charge in [0, 0.05) is 38.4 Å². The number of rotatable bonds is 5. The fraction of sp³-hybridized carbons (Fsp3) is 0.0500. The number of hydrazone groups is 1. The number of carbonyl (C=O) groups excluding carboxylic acids is 1. The number of hydrogen-bond acceptors (Lipinski definition) is 3. The molecule has 0 radical (unpaired) electrons. The molecule has 4 aromatic rings. The number of aromatic nitrogens is 3. The molecule has 2 aromatic heterocycles. The summed E-state index contributed by atoms with van der Waals surface area (Å²) >= 11 is 9.35. The molecule has 0 saturated heterocycles. The van der Waals surface area contributed by atoms with Gasteiger partial charge in [0.1, 0.15) is 0 Å². The summed E-state index contributed by atoms with van der Waals surface area (Å²) in [6.07, 6.45) is 5.20. The van der Waals surface area contributed by atoms with Crippen LogP contribution in [0.25, 0.3) is 10.9 Å². The smallest absolute Gasteiger partial charge is 0.291 e. The highest BCUT2D eigenvalue weighted by molar-refractivity contribution is 9.10. The Bertz CT molecular complexity index is 1160. The number of nitrogens with one attached hydrogen (secondary N) is 2. The van der Waals surface area contributed by atoms with Crippen molar-refractivity contribution in [2.24, 2.45) is 5.10 Å². The second kappa shape index (κ2) is 8.00. The van der Waals surface area contributed by atoms with Crippen molar-refractivity contribution in [3.05, 3.63) is 87.2 Å². The fourth-order valence-electron chi connectivity index (χ4n) is 2.79. The molecule has 2 N–H and O–H groups in total. The van der Waals surface area contributed by atoms with Gasteiger partial charge in [0.05, 0.1) is 12.8 Å². The Morgan fingerprint density at radius 3 is 2.89 bits per heavy atom. The molecule has 0 atom stereocenters. The molecule has 8 heteroatoms. The Hall–Kier alpha value is -2.90. The van der Waals surface area contributed by atoms with Crippen LogP contribution in [0.15, 0.2) is 70.5 Å². The molecule has 0 aliphatic heterocycles. The van der Waals surface area contributed by atoms with Gasteiger partial charge in [-0.25, -0.2) is 5.43 Å². The number of amides is 1. The SMILES string of the molecule is O=C(NN=Cc1c[nH]c2ccc(Br)cc12)c1ccn(Cc2ccc(Cl)cc2)n1. The van der Waals surface area contributed by atoms with Crippen LogP contribution >= 0.6 is 27.5 Å². The van der Waals surface area contributed by atoms with Crippen LogP contribution < -0.4 is 5.43 Å². The van der Waals surface area contributed by atoms with E-state index >= 15 is 0 Å². The van der Waals surface area contributed by atoms with Gasteiger partial charge in [-0.05, 0) is 42.0 Å². The molecule has 2 aromatic carbocycles. The quantitative estimate of drug-likeness (QED) is 0.340. The number of hydrogen-bond donors (Lipinski definition) is 2. The van der Waals surface area contributed by atoms with E-state index in [0.29, 0.717) is 17.3 Å². The summed E-state index contributed by atoms with van der Waals surface area (Å²) in [6, 6.07) is 15.1. The number of carbonyl (C=O) groups is 1. The number of fused-ring (bicyclic) bond motifs is 1. The predicted molar refractivity (Wildman–Crippen MR) is 114 cm³/mol. The Balaban J connectivity index is 1.41. The van der Waals surface area contributed by atoms with Crippen LogP contribution in [-0.2, 0) is 6.54 Å². The van der Waals surface area contributed by atoms with Crippen molar-refractivity contribution in [3.8, 4) is 0 Å². The summed E-state index contributed by atoms with van der Waals surface area (Å²) in [7, 11) is 0. The standard InChI is InChI=1S/C20H15BrClN5O/c21-15-3-6-18-17(9-15)14(10-23-18)11-24-25-20(28)19-7-8-27(26-19)12-13-1-4-16(22)5-2-13/h1-11,23H,12H2,(H,25,28). The molecule has 0 spiro atoms. The number of benzene rings is 2. The normalized spacial score (nSPS) is 11.4. The van der Waals surface area contributed by atoms with Crippen molar-refractivity contribution in [3.63, 3.8) is 0 Å². The summed E-state index contributed by atoms with van der Waals surface area (Å²) in [4.78, 5) is 15.4. The number of H-pyrrole nitrogens is 1. The first kappa shape index (κ1) is 18.5. The Labute approximate surface area is 174 Å². The lowest BCUT2D eigenvalue weighted by atomic mass is 10.2. The lowest BCUT2D eigenvalue weighted by molar-refractivity contribution is 0.0949. The Morgan fingerprint density at radius 1 is 1.25 bits per heavy atom. The zero-order valence-electron chi connectivity index (χ0n) is 14.6. The Kier molecular flexibility index (Phi) is 5.27. The predicted octanol–water partition coefficient (Wildman–Crippen LogP) is 4.59. The molecule has 6 nitrogen and oxygen atoms in total. The van der Waals surface area contributed by atoms with Gasteiger partial charge in [-0.15, -0.1) is 0 Å². The summed E-state index contributed by atoms with van der Waals surface area (Å²) < 4.78 is 2.67. The highest BCUT2D eigenvalue weighted by Crippen LogP contribution is 2.21. The number of nitrogens with zero attached hydrogens (tertiary/aromatic N) is 3. The lowest BCUT2D eigenvalue weighted by Crippen LogP contribution is -2.18. The summed E-state index contributed by atoms with van der Waals surface area (Å²) in [6.45, 7) is 0.554. The van der Waals surface area contributed by atoms with E-state index in [4.69, 9.17) is 11.6 Å². The zero-order chi connectivity index (χ0) is 19.5. The second-order valence-electron chi connectivity index (χ2n) is 6.16. The minimum absolute atomic E-state index is 0.299. The molecule has 28 heavy (non-hydrogen) atoms. The van der Waals surface area contributed by atoms with Gasteiger partial charge in [-0.1, -0.05) is 39.7 Å². The number of halogens is 2. The van der Waals surface area contributed by atoms with Crippen LogP contribution in [0.2, 0.25) is 5.02 Å². The Morgan fingerprint density at radius 2 is 2.07 bits per heavy atom. The van der Waals surface area contributed by atoms with Crippen LogP contribution in [0.3, 0.4) is 0 Å². The van der Waals surface area contributed by atoms with Crippen LogP contribution in [0.4, 0.5) is 0 Å². The van der Waals surface area contributed by atoms with Crippen molar-refractivity contribution in [2.45, 2.75) is 6.54 Å². The highest BCUT2D eigenvalue weighted by atomic mass is 79.9. The molecule has 2 heterocycles. The first-order chi connectivity index (χ1) is 13.6. The molecule has 0 saturated carbocycles. The third-order valence-corrected chi connectivity index (χ3v) is 4.92. The molecule has 1 amide bonds. The lowest BCUT2D eigenvalue weighted by Gasteiger charge is -2.02. The van der Waals surface area contributed by atoms with E-state index in [2.05, 4.69) is 36.5 Å². The van der Waals surface area contributed by atoms with E-state index in [-0.39, 0.29) is 5.91 Å². The monoisotopic (exact) mass is 455 g/mol. The fourth-order valence-corrected chi connectivity index (χ4v) is 3.27. The third kappa shape index (κ3) is 4.16. The minimum Gasteiger partial charge on any atom is -0.361 e. The molecule has 0 fully saturated rings. The first-order valence-electron chi connectivity index (χ1n) is 8.46. The van der Waals surface area contributed by atoms with Gasteiger partial charge < -0.3 is 4.98 Å². The topological polar surface area (TPSA) is 75.1 Å². The van der Waals surface area contributed by atoms with E-state index in [9.17, 15) is 4.79 Å². The summed E-state index contributed by atoms with van der Waals surface area (Å²) in [5, 5.41) is 10.0. The first-order valence-corrected chi connectivity index (χ1v) is 9.63. The van der Waals surface area contributed by atoms with Gasteiger partial charge >= 0.3 is 0 Å². The van der Waals surface area contributed by atoms with Gasteiger partial charge in [-0.2, -0.15) is 10.2 Å². The molecule has 0 unspecified atom stereocenters. The van der Waals surface area contributed by atoms with E-state index in [1.807, 2.05) is 48.7 Å². The summed E-state index contributed by atoms with van der Waals surface area (Å²) in [5.41, 5.74) is 5.73. The van der Waals surface area contributed by atoms with Gasteiger partial charge in [0.2, 0.25) is 0 Å². The highest BCUT2D eigenvalue weighted by Gasteiger charge is 2.09. The molecule has 4 rings (SSSR count). The maximum atomic E-state index is 12.3. The largest absolute Gasteiger partial charge is 0.361 e. The molecular formula is C20H15BrClN5O. The van der Waals surface area contributed by atoms with Gasteiger partial charge in [0.25, 0.3) is 5.91 Å². The minimum atomic E-state index is -0.368. The van der Waals surface area contributed by atoms with Crippen LogP contribution in [0.5, 0.6) is 0 Å². The average Bonchev–Trinajstić information content (AvgIpc) is 3.31. The molecule has 0 bridgehead atoms. The van der Waals surface area contributed by atoms with Crippen LogP contribution in [0.1, 0.15) is 21.6 Å². The van der Waals surface area contributed by atoms with Gasteiger partial charge in [-0.3, -0.25) is 9.48 Å². The van der Waals surface area contributed by atoms with Crippen molar-refractivity contribution in [1.82, 2.24) is 20.2 Å². The maximum Gasteiger partial charge on any atom is 0.291 e. The van der Waals surface area contributed by atoms with E-state index in [0.717, 1.165) is 26.5 Å². The zero-order valence-corrected chi connectivity index (χ0v) is 16.9.